The molecule has 3 saturated heterocycles. The van der Waals surface area contributed by atoms with Crippen LogP contribution in [0.5, 0.6) is 0 Å². The summed E-state index contributed by atoms with van der Waals surface area (Å²) in [5, 5.41) is 0. The van der Waals surface area contributed by atoms with E-state index in [9.17, 15) is 4.79 Å². The number of piperidine rings is 1. The molecule has 160 valence electrons. The predicted octanol–water partition coefficient (Wildman–Crippen LogP) is 3.11. The van der Waals surface area contributed by atoms with E-state index in [-0.39, 0.29) is 11.7 Å². The van der Waals surface area contributed by atoms with Gasteiger partial charge < -0.3 is 19.3 Å². The second-order valence-corrected chi connectivity index (χ2v) is 9.51. The molecule has 0 aromatic rings. The largest absolute Gasteiger partial charge is 0.441 e. The van der Waals surface area contributed by atoms with Gasteiger partial charge in [-0.25, -0.2) is 4.79 Å². The molecule has 28 heavy (non-hydrogen) atoms. The zero-order valence-corrected chi connectivity index (χ0v) is 17.7. The maximum Gasteiger partial charge on any atom is 0.410 e. The lowest BCUT2D eigenvalue weighted by Crippen LogP contribution is -2.52. The topological polar surface area (TPSA) is 45.2 Å². The van der Waals surface area contributed by atoms with Gasteiger partial charge in [-0.3, -0.25) is 4.90 Å². The molecule has 0 aromatic carbocycles. The molecule has 4 rings (SSSR count). The van der Waals surface area contributed by atoms with E-state index in [0.717, 1.165) is 71.2 Å². The summed E-state index contributed by atoms with van der Waals surface area (Å²) in [6, 6.07) is 1.31. The van der Waals surface area contributed by atoms with E-state index in [1.807, 2.05) is 4.90 Å². The highest BCUT2D eigenvalue weighted by atomic mass is 16.6. The molecule has 4 fully saturated rings. The molecule has 3 heterocycles. The lowest BCUT2D eigenvalue weighted by atomic mass is 9.90. The minimum atomic E-state index is -0.238. The number of hydrogen-bond acceptors (Lipinski definition) is 5. The molecule has 6 heteroatoms. The molecule has 3 aliphatic heterocycles. The predicted molar refractivity (Wildman–Crippen MR) is 110 cm³/mol. The van der Waals surface area contributed by atoms with Crippen molar-refractivity contribution in [3.8, 4) is 0 Å². The standard InChI is InChI=1S/C22H39N3O3/c1-23(19-7-3-2-4-8-19)12-6-13-25-18-22(28-21(25)26)10-14-24(15-11-22)20-9-5-16-27-17-20/h19-20H,2-18H2,1H3. The average Bonchev–Trinajstić information content (AvgIpc) is 3.04. The molecule has 4 aliphatic rings. The Kier molecular flexibility index (Phi) is 6.79. The van der Waals surface area contributed by atoms with Crippen molar-refractivity contribution in [2.75, 3.05) is 53.0 Å². The Bertz CT molecular complexity index is 509. The van der Waals surface area contributed by atoms with Gasteiger partial charge in [0.05, 0.1) is 13.2 Å². The molecule has 0 aromatic heterocycles. The molecule has 1 saturated carbocycles. The van der Waals surface area contributed by atoms with Gasteiger partial charge in [0, 0.05) is 51.2 Å². The van der Waals surface area contributed by atoms with Crippen LogP contribution in [0.25, 0.3) is 0 Å². The maximum absolute atomic E-state index is 12.5. The van der Waals surface area contributed by atoms with Crippen molar-refractivity contribution >= 4 is 6.09 Å². The SMILES string of the molecule is CN(CCCN1CC2(CCN(C3CCCOC3)CC2)OC1=O)C1CCCCC1. The smallest absolute Gasteiger partial charge is 0.410 e. The van der Waals surface area contributed by atoms with E-state index in [1.165, 1.54) is 44.9 Å². The van der Waals surface area contributed by atoms with Crippen LogP contribution in [0.3, 0.4) is 0 Å². The van der Waals surface area contributed by atoms with Gasteiger partial charge in [0.1, 0.15) is 5.60 Å². The number of carbonyl (C=O) groups excluding carboxylic acids is 1. The Morgan fingerprint density at radius 3 is 2.61 bits per heavy atom. The maximum atomic E-state index is 12.5. The van der Waals surface area contributed by atoms with Crippen LogP contribution in [0.2, 0.25) is 0 Å². The highest BCUT2D eigenvalue weighted by Crippen LogP contribution is 2.34. The lowest BCUT2D eigenvalue weighted by Gasteiger charge is -2.42. The third-order valence-electron chi connectivity index (χ3n) is 7.54. The number of ether oxygens (including phenoxy) is 2. The second-order valence-electron chi connectivity index (χ2n) is 9.51. The van der Waals surface area contributed by atoms with Gasteiger partial charge in [0.2, 0.25) is 0 Å². The summed E-state index contributed by atoms with van der Waals surface area (Å²) in [6.45, 7) is 6.53. The number of carbonyl (C=O) groups is 1. The molecule has 6 nitrogen and oxygen atoms in total. The summed E-state index contributed by atoms with van der Waals surface area (Å²) < 4.78 is 11.6. The van der Waals surface area contributed by atoms with Crippen LogP contribution in [-0.4, -0.2) is 91.5 Å². The first-order valence-electron chi connectivity index (χ1n) is 11.7. The zero-order valence-electron chi connectivity index (χ0n) is 17.7. The number of amides is 1. The van der Waals surface area contributed by atoms with E-state index < -0.39 is 0 Å². The van der Waals surface area contributed by atoms with Crippen LogP contribution in [0, 0.1) is 0 Å². The van der Waals surface area contributed by atoms with Gasteiger partial charge >= 0.3 is 6.09 Å². The minimum absolute atomic E-state index is 0.0882. The van der Waals surface area contributed by atoms with E-state index in [2.05, 4.69) is 16.8 Å². The number of rotatable bonds is 6. The van der Waals surface area contributed by atoms with Crippen LogP contribution in [0.1, 0.15) is 64.2 Å². The third kappa shape index (κ3) is 4.82. The molecule has 1 amide bonds. The Morgan fingerprint density at radius 2 is 1.89 bits per heavy atom. The van der Waals surface area contributed by atoms with Crippen molar-refractivity contribution in [1.82, 2.24) is 14.7 Å². The Balaban J connectivity index is 1.19. The molecule has 0 N–H and O–H groups in total. The summed E-state index contributed by atoms with van der Waals surface area (Å²) in [6.07, 6.45) is 12.1. The van der Waals surface area contributed by atoms with Crippen molar-refractivity contribution in [3.05, 3.63) is 0 Å². The van der Waals surface area contributed by atoms with E-state index in [4.69, 9.17) is 9.47 Å². The quantitative estimate of drug-likeness (QED) is 0.694. The molecule has 0 bridgehead atoms. The molecular weight excluding hydrogens is 354 g/mol. The summed E-state index contributed by atoms with van der Waals surface area (Å²) >= 11 is 0. The fourth-order valence-electron chi connectivity index (χ4n) is 5.65. The summed E-state index contributed by atoms with van der Waals surface area (Å²) in [7, 11) is 2.25. The zero-order chi connectivity index (χ0) is 19.4. The molecule has 1 spiro atoms. The normalized spacial score (nSPS) is 29.6. The number of hydrogen-bond donors (Lipinski definition) is 0. The monoisotopic (exact) mass is 393 g/mol. The van der Waals surface area contributed by atoms with E-state index in [0.29, 0.717) is 6.04 Å². The Morgan fingerprint density at radius 1 is 1.11 bits per heavy atom. The van der Waals surface area contributed by atoms with Crippen molar-refractivity contribution < 1.29 is 14.3 Å². The summed E-state index contributed by atoms with van der Waals surface area (Å²) in [5.74, 6) is 0. The first-order chi connectivity index (χ1) is 13.7. The van der Waals surface area contributed by atoms with Crippen LogP contribution in [0.15, 0.2) is 0 Å². The summed E-state index contributed by atoms with van der Waals surface area (Å²) in [4.78, 5) is 19.5. The van der Waals surface area contributed by atoms with Gasteiger partial charge in [-0.1, -0.05) is 19.3 Å². The number of likely N-dealkylation sites (tertiary alicyclic amines) is 1. The van der Waals surface area contributed by atoms with Gasteiger partial charge in [0.15, 0.2) is 0 Å². The second kappa shape index (κ2) is 9.31. The minimum Gasteiger partial charge on any atom is -0.441 e. The van der Waals surface area contributed by atoms with Crippen LogP contribution >= 0.6 is 0 Å². The van der Waals surface area contributed by atoms with Crippen molar-refractivity contribution in [2.24, 2.45) is 0 Å². The number of nitrogens with zero attached hydrogens (tertiary/aromatic N) is 3. The van der Waals surface area contributed by atoms with Crippen LogP contribution in [0.4, 0.5) is 4.79 Å². The van der Waals surface area contributed by atoms with Crippen molar-refractivity contribution in [1.29, 1.82) is 0 Å². The first-order valence-corrected chi connectivity index (χ1v) is 11.7. The highest BCUT2D eigenvalue weighted by molar-refractivity contribution is 5.70. The molecular formula is C22H39N3O3. The van der Waals surface area contributed by atoms with E-state index in [1.54, 1.807) is 0 Å². The Labute approximate surface area is 170 Å². The van der Waals surface area contributed by atoms with Crippen molar-refractivity contribution in [3.63, 3.8) is 0 Å². The van der Waals surface area contributed by atoms with Crippen molar-refractivity contribution in [2.45, 2.75) is 81.9 Å². The first kappa shape index (κ1) is 20.4. The highest BCUT2D eigenvalue weighted by Gasteiger charge is 2.47. The van der Waals surface area contributed by atoms with Crippen LogP contribution in [-0.2, 0) is 9.47 Å². The van der Waals surface area contributed by atoms with E-state index >= 15 is 0 Å². The molecule has 0 radical (unpaired) electrons. The Hall–Kier alpha value is -0.850. The van der Waals surface area contributed by atoms with Gasteiger partial charge in [0.25, 0.3) is 0 Å². The van der Waals surface area contributed by atoms with Gasteiger partial charge in [-0.2, -0.15) is 0 Å². The van der Waals surface area contributed by atoms with Gasteiger partial charge in [-0.05, 0) is 45.7 Å². The van der Waals surface area contributed by atoms with Crippen LogP contribution < -0.4 is 0 Å². The fraction of sp³-hybridized carbons (Fsp3) is 0.955. The molecule has 1 unspecified atom stereocenters. The van der Waals surface area contributed by atoms with Gasteiger partial charge in [-0.15, -0.1) is 0 Å². The summed E-state index contributed by atoms with van der Waals surface area (Å²) in [5.41, 5.74) is -0.238. The molecule has 1 atom stereocenters. The molecule has 1 aliphatic carbocycles. The average molecular weight is 394 g/mol. The third-order valence-corrected chi connectivity index (χ3v) is 7.54. The fourth-order valence-corrected chi connectivity index (χ4v) is 5.65. The lowest BCUT2D eigenvalue weighted by molar-refractivity contribution is -0.0389.